The Morgan fingerprint density at radius 2 is 1.54 bits per heavy atom. The molecule has 7 aromatic rings. The predicted molar refractivity (Wildman–Crippen MR) is 193 cm³/mol. The van der Waals surface area contributed by atoms with E-state index in [2.05, 4.69) is 70.8 Å². The average Bonchev–Trinajstić information content (AvgIpc) is 3.49. The number of halogens is 3. The molecule has 48 heavy (non-hydrogen) atoms. The van der Waals surface area contributed by atoms with Gasteiger partial charge in [-0.25, -0.2) is 23.1 Å². The normalized spacial score (nSPS) is 11.5. The highest BCUT2D eigenvalue weighted by molar-refractivity contribution is 7.21. The Labute approximate surface area is 279 Å². The van der Waals surface area contributed by atoms with E-state index in [1.807, 2.05) is 54.6 Å². The Balaban J connectivity index is 1.07. The molecular formula is C39H30F3N5S. The second-order valence-electron chi connectivity index (χ2n) is 11.6. The smallest absolute Gasteiger partial charge is 0.270 e. The van der Waals surface area contributed by atoms with Gasteiger partial charge in [-0.3, -0.25) is 0 Å². The minimum Gasteiger partial charge on any atom is -0.342 e. The van der Waals surface area contributed by atoms with Gasteiger partial charge in [0.15, 0.2) is 0 Å². The second-order valence-corrected chi connectivity index (χ2v) is 12.7. The summed E-state index contributed by atoms with van der Waals surface area (Å²) in [6, 6.07) is 33.5. The van der Waals surface area contributed by atoms with Crippen molar-refractivity contribution >= 4 is 55.2 Å². The summed E-state index contributed by atoms with van der Waals surface area (Å²) in [5, 5.41) is 12.3. The third-order valence-corrected chi connectivity index (χ3v) is 9.06. The van der Waals surface area contributed by atoms with Crippen LogP contribution >= 0.6 is 11.3 Å². The number of aromatic nitrogens is 2. The van der Waals surface area contributed by atoms with Crippen molar-refractivity contribution in [3.05, 3.63) is 145 Å². The summed E-state index contributed by atoms with van der Waals surface area (Å²) in [6.07, 6.45) is 1.79. The number of fused-ring (bicyclic) bond motifs is 2. The van der Waals surface area contributed by atoms with E-state index in [9.17, 15) is 13.2 Å². The molecule has 0 saturated heterocycles. The monoisotopic (exact) mass is 657 g/mol. The van der Waals surface area contributed by atoms with Gasteiger partial charge in [-0.1, -0.05) is 49.0 Å². The zero-order valence-corrected chi connectivity index (χ0v) is 26.9. The van der Waals surface area contributed by atoms with Crippen LogP contribution in [0.25, 0.3) is 42.7 Å². The molecule has 0 atom stereocenters. The molecule has 7 rings (SSSR count). The minimum absolute atomic E-state index is 0.0869. The van der Waals surface area contributed by atoms with Crippen LogP contribution in [-0.2, 0) is 5.92 Å². The van der Waals surface area contributed by atoms with Gasteiger partial charge in [0.25, 0.3) is 5.92 Å². The summed E-state index contributed by atoms with van der Waals surface area (Å²) in [5.41, 5.74) is 6.55. The molecule has 0 amide bonds. The highest BCUT2D eigenvalue weighted by atomic mass is 32.1. The maximum atomic E-state index is 14.3. The molecule has 2 aromatic heterocycles. The molecule has 5 aromatic carbocycles. The molecule has 0 aliphatic heterocycles. The van der Waals surface area contributed by atoms with Gasteiger partial charge < -0.3 is 16.0 Å². The zero-order valence-electron chi connectivity index (χ0n) is 26.1. The minimum atomic E-state index is -3.09. The van der Waals surface area contributed by atoms with E-state index in [0.717, 1.165) is 74.6 Å². The van der Waals surface area contributed by atoms with E-state index in [-0.39, 0.29) is 17.1 Å². The van der Waals surface area contributed by atoms with Crippen LogP contribution in [-0.4, -0.2) is 9.97 Å². The highest BCUT2D eigenvalue weighted by Gasteiger charge is 2.25. The summed E-state index contributed by atoms with van der Waals surface area (Å²) >= 11 is 1.69. The van der Waals surface area contributed by atoms with Crippen LogP contribution < -0.4 is 16.0 Å². The van der Waals surface area contributed by atoms with Gasteiger partial charge in [0.05, 0.1) is 15.9 Å². The molecule has 238 valence electrons. The molecule has 5 nitrogen and oxygen atoms in total. The van der Waals surface area contributed by atoms with Crippen molar-refractivity contribution in [1.82, 2.24) is 9.97 Å². The van der Waals surface area contributed by atoms with Crippen LogP contribution in [0.2, 0.25) is 0 Å². The lowest BCUT2D eigenvalue weighted by atomic mass is 9.99. The number of nitrogens with one attached hydrogen (secondary N) is 3. The predicted octanol–water partition coefficient (Wildman–Crippen LogP) is 11.5. The fourth-order valence-electron chi connectivity index (χ4n) is 5.54. The Kier molecular flexibility index (Phi) is 8.06. The molecule has 0 aliphatic rings. The fraction of sp³-hybridized carbons (Fsp3) is 0.0769. The summed E-state index contributed by atoms with van der Waals surface area (Å²) < 4.78 is 43.0. The SMILES string of the molecule is C=C(Nc1ccc(-c2cccc3c(Nc4ccc(-c5nc6ccc(C)cc6s5)cc4)nccc23)cc1)Nc1cc(C(C)(F)F)ccc1F. The quantitative estimate of drug-likeness (QED) is 0.144. The first-order valence-electron chi connectivity index (χ1n) is 15.2. The zero-order chi connectivity index (χ0) is 33.4. The largest absolute Gasteiger partial charge is 0.342 e. The van der Waals surface area contributed by atoms with Gasteiger partial charge in [0, 0.05) is 41.0 Å². The van der Waals surface area contributed by atoms with E-state index in [0.29, 0.717) is 5.69 Å². The number of pyridine rings is 1. The summed E-state index contributed by atoms with van der Waals surface area (Å²) in [7, 11) is 0. The van der Waals surface area contributed by atoms with Crippen molar-refractivity contribution in [1.29, 1.82) is 0 Å². The van der Waals surface area contributed by atoms with E-state index in [1.54, 1.807) is 17.5 Å². The second kappa shape index (κ2) is 12.5. The molecule has 0 aliphatic carbocycles. The van der Waals surface area contributed by atoms with Crippen LogP contribution in [0.15, 0.2) is 128 Å². The average molecular weight is 658 g/mol. The van der Waals surface area contributed by atoms with Gasteiger partial charge in [-0.05, 0) is 95.7 Å². The number of hydrogen-bond acceptors (Lipinski definition) is 6. The molecule has 0 bridgehead atoms. The fourth-order valence-corrected chi connectivity index (χ4v) is 6.61. The molecular weight excluding hydrogens is 628 g/mol. The lowest BCUT2D eigenvalue weighted by Crippen LogP contribution is -2.12. The van der Waals surface area contributed by atoms with Crippen LogP contribution in [0, 0.1) is 12.7 Å². The molecule has 0 saturated carbocycles. The molecule has 0 unspecified atom stereocenters. The summed E-state index contributed by atoms with van der Waals surface area (Å²) in [6.45, 7) is 6.74. The number of anilines is 4. The third-order valence-electron chi connectivity index (χ3n) is 7.99. The van der Waals surface area contributed by atoms with Gasteiger partial charge >= 0.3 is 0 Å². The third kappa shape index (κ3) is 6.45. The molecule has 0 radical (unpaired) electrons. The Hall–Kier alpha value is -5.67. The molecule has 0 fully saturated rings. The first-order valence-corrected chi connectivity index (χ1v) is 16.1. The van der Waals surface area contributed by atoms with Gasteiger partial charge in [-0.2, -0.15) is 0 Å². The number of nitrogens with zero attached hydrogens (tertiary/aromatic N) is 2. The Morgan fingerprint density at radius 3 is 2.31 bits per heavy atom. The first kappa shape index (κ1) is 31.0. The topological polar surface area (TPSA) is 61.9 Å². The van der Waals surface area contributed by atoms with Crippen LogP contribution in [0.5, 0.6) is 0 Å². The number of rotatable bonds is 9. The van der Waals surface area contributed by atoms with Crippen molar-refractivity contribution < 1.29 is 13.2 Å². The number of aryl methyl sites for hydroxylation is 1. The number of benzene rings is 5. The van der Waals surface area contributed by atoms with E-state index in [1.165, 1.54) is 10.3 Å². The van der Waals surface area contributed by atoms with Crippen molar-refractivity contribution in [3.63, 3.8) is 0 Å². The number of hydrogen-bond donors (Lipinski definition) is 3. The van der Waals surface area contributed by atoms with Gasteiger partial charge in [-0.15, -0.1) is 11.3 Å². The standard InChI is InChI=1S/C39H30F3N5S/c1-23-7-18-34-36(21-23)48-38(47-34)26-10-15-29(16-11-26)46-37-32-6-4-5-30(31(32)19-20-43-37)25-8-13-28(14-9-25)44-24(2)45-35-22-27(39(3,41)42)12-17-33(35)40/h4-22,44-45H,2H2,1,3H3,(H,43,46). The first-order chi connectivity index (χ1) is 23.1. The van der Waals surface area contributed by atoms with Crippen molar-refractivity contribution in [2.24, 2.45) is 0 Å². The number of alkyl halides is 2. The maximum absolute atomic E-state index is 14.3. The Bertz CT molecular complexity index is 2290. The molecule has 9 heteroatoms. The Morgan fingerprint density at radius 1 is 0.792 bits per heavy atom. The van der Waals surface area contributed by atoms with E-state index in [4.69, 9.17) is 4.98 Å². The van der Waals surface area contributed by atoms with Crippen LogP contribution in [0.4, 0.5) is 36.1 Å². The number of thiazole rings is 1. The van der Waals surface area contributed by atoms with Crippen molar-refractivity contribution in [2.75, 3.05) is 16.0 Å². The lowest BCUT2D eigenvalue weighted by molar-refractivity contribution is 0.0175. The molecule has 0 spiro atoms. The van der Waals surface area contributed by atoms with Gasteiger partial charge in [0.1, 0.15) is 22.5 Å². The molecule has 3 N–H and O–H groups in total. The van der Waals surface area contributed by atoms with Crippen molar-refractivity contribution in [2.45, 2.75) is 19.8 Å². The van der Waals surface area contributed by atoms with Gasteiger partial charge in [0.2, 0.25) is 0 Å². The summed E-state index contributed by atoms with van der Waals surface area (Å²) in [5.74, 6) is -2.76. The van der Waals surface area contributed by atoms with E-state index < -0.39 is 11.7 Å². The lowest BCUT2D eigenvalue weighted by Gasteiger charge is -2.16. The van der Waals surface area contributed by atoms with Crippen molar-refractivity contribution in [3.8, 4) is 21.7 Å². The summed E-state index contributed by atoms with van der Waals surface area (Å²) in [4.78, 5) is 9.45. The highest BCUT2D eigenvalue weighted by Crippen LogP contribution is 2.35. The van der Waals surface area contributed by atoms with Crippen LogP contribution in [0.1, 0.15) is 18.1 Å². The molecule has 2 heterocycles. The van der Waals surface area contributed by atoms with E-state index >= 15 is 0 Å². The maximum Gasteiger partial charge on any atom is 0.270 e. The van der Waals surface area contributed by atoms with Crippen LogP contribution in [0.3, 0.4) is 0 Å².